The van der Waals surface area contributed by atoms with E-state index in [1.165, 1.54) is 11.9 Å². The Morgan fingerprint density at radius 1 is 0.935 bits per heavy atom. The van der Waals surface area contributed by atoms with E-state index in [0.717, 1.165) is 28.2 Å². The lowest BCUT2D eigenvalue weighted by atomic mass is 10.2. The van der Waals surface area contributed by atoms with Gasteiger partial charge in [0.05, 0.1) is 0 Å². The third-order valence-electron chi connectivity index (χ3n) is 4.87. The van der Waals surface area contributed by atoms with Crippen LogP contribution >= 0.6 is 0 Å². The second kappa shape index (κ2) is 9.34. The maximum atomic E-state index is 12.1. The third kappa shape index (κ3) is 5.04. The van der Waals surface area contributed by atoms with Crippen LogP contribution in [-0.4, -0.2) is 23.4 Å². The predicted molar refractivity (Wildman–Crippen MR) is 118 cm³/mol. The molecule has 1 aliphatic heterocycles. The maximum absolute atomic E-state index is 12.1. The minimum absolute atomic E-state index is 0.142. The molecule has 31 heavy (non-hydrogen) atoms. The number of para-hydroxylation sites is 1. The lowest BCUT2D eigenvalue weighted by Crippen LogP contribution is -2.25. The molecule has 0 saturated carbocycles. The first-order chi connectivity index (χ1) is 15.1. The number of aryl methyl sites for hydroxylation is 1. The fraction of sp³-hybridized carbons (Fsp3) is 0.200. The Balaban J connectivity index is 1.40. The summed E-state index contributed by atoms with van der Waals surface area (Å²) >= 11 is 0. The van der Waals surface area contributed by atoms with Gasteiger partial charge >= 0.3 is 0 Å². The Bertz CT molecular complexity index is 1060. The number of rotatable bonds is 7. The molecule has 1 aliphatic rings. The van der Waals surface area contributed by atoms with E-state index >= 15 is 0 Å². The van der Waals surface area contributed by atoms with Crippen LogP contribution < -0.4 is 9.47 Å². The van der Waals surface area contributed by atoms with Gasteiger partial charge in [0.25, 0.3) is 0 Å². The number of ether oxygens (including phenoxy) is 3. The molecule has 0 N–H and O–H groups in total. The van der Waals surface area contributed by atoms with Crippen molar-refractivity contribution in [3.63, 3.8) is 0 Å². The van der Waals surface area contributed by atoms with Crippen LogP contribution in [-0.2, 0) is 16.1 Å². The van der Waals surface area contributed by atoms with Crippen molar-refractivity contribution < 1.29 is 19.0 Å². The maximum Gasteiger partial charge on any atom is 0.247 e. The summed E-state index contributed by atoms with van der Waals surface area (Å²) in [6.07, 6.45) is -0.629. The van der Waals surface area contributed by atoms with Crippen LogP contribution in [0.3, 0.4) is 0 Å². The van der Waals surface area contributed by atoms with Crippen LogP contribution in [0.25, 0.3) is 0 Å². The van der Waals surface area contributed by atoms with Crippen LogP contribution in [0.15, 0.2) is 84.0 Å². The predicted octanol–water partition coefficient (Wildman–Crippen LogP) is 4.84. The van der Waals surface area contributed by atoms with Gasteiger partial charge in [0.1, 0.15) is 18.1 Å². The van der Waals surface area contributed by atoms with Gasteiger partial charge in [-0.25, -0.2) is 0 Å². The van der Waals surface area contributed by atoms with Crippen molar-refractivity contribution in [1.82, 2.24) is 5.01 Å². The number of carbonyl (C=O) groups excluding carboxylic acids is 1. The summed E-state index contributed by atoms with van der Waals surface area (Å²) in [6.45, 7) is 4.06. The lowest BCUT2D eigenvalue weighted by Gasteiger charge is -2.19. The Kier molecular flexibility index (Phi) is 6.17. The Morgan fingerprint density at radius 2 is 1.65 bits per heavy atom. The number of amides is 1. The van der Waals surface area contributed by atoms with Crippen LogP contribution in [0.5, 0.6) is 11.5 Å². The van der Waals surface area contributed by atoms with Crippen LogP contribution in [0.1, 0.15) is 29.8 Å². The Labute approximate surface area is 181 Å². The highest BCUT2D eigenvalue weighted by molar-refractivity contribution is 5.83. The molecule has 4 rings (SSSR count). The summed E-state index contributed by atoms with van der Waals surface area (Å²) in [5, 5.41) is 5.64. The summed E-state index contributed by atoms with van der Waals surface area (Å²) < 4.78 is 17.6. The molecule has 0 spiro atoms. The Hall–Kier alpha value is -3.80. The molecule has 0 radical (unpaired) electrons. The minimum atomic E-state index is -0.629. The summed E-state index contributed by atoms with van der Waals surface area (Å²) in [4.78, 5) is 12.1. The van der Waals surface area contributed by atoms with E-state index in [1.807, 2.05) is 85.8 Å². The number of hydrogen-bond acceptors (Lipinski definition) is 5. The van der Waals surface area contributed by atoms with Crippen molar-refractivity contribution in [1.29, 1.82) is 0 Å². The third-order valence-corrected chi connectivity index (χ3v) is 4.87. The van der Waals surface area contributed by atoms with Gasteiger partial charge in [-0.15, -0.1) is 5.10 Å². The van der Waals surface area contributed by atoms with Gasteiger partial charge in [0, 0.05) is 12.5 Å². The van der Waals surface area contributed by atoms with Gasteiger partial charge < -0.3 is 14.2 Å². The van der Waals surface area contributed by atoms with Crippen LogP contribution in [0.4, 0.5) is 0 Å². The van der Waals surface area contributed by atoms with Crippen molar-refractivity contribution in [3.8, 4) is 11.5 Å². The number of hydrazone groups is 1. The monoisotopic (exact) mass is 416 g/mol. The van der Waals surface area contributed by atoms with Crippen molar-refractivity contribution >= 4 is 11.8 Å². The zero-order valence-corrected chi connectivity index (χ0v) is 17.5. The fourth-order valence-corrected chi connectivity index (χ4v) is 3.21. The average molecular weight is 416 g/mol. The molecule has 3 aromatic rings. The van der Waals surface area contributed by atoms with E-state index in [4.69, 9.17) is 14.2 Å². The smallest absolute Gasteiger partial charge is 0.247 e. The van der Waals surface area contributed by atoms with E-state index in [2.05, 4.69) is 5.10 Å². The summed E-state index contributed by atoms with van der Waals surface area (Å²) in [5.74, 6) is 1.64. The van der Waals surface area contributed by atoms with Crippen molar-refractivity contribution in [3.05, 3.63) is 95.6 Å². The van der Waals surface area contributed by atoms with Gasteiger partial charge in [-0.2, -0.15) is 5.01 Å². The largest absolute Gasteiger partial charge is 0.489 e. The van der Waals surface area contributed by atoms with Gasteiger partial charge in [-0.1, -0.05) is 48.5 Å². The molecule has 0 fully saturated rings. The van der Waals surface area contributed by atoms with Gasteiger partial charge in [0.2, 0.25) is 18.0 Å². The minimum Gasteiger partial charge on any atom is -0.489 e. The molecule has 1 heterocycles. The summed E-state index contributed by atoms with van der Waals surface area (Å²) in [6, 6.07) is 25.2. The van der Waals surface area contributed by atoms with E-state index in [0.29, 0.717) is 12.5 Å². The number of hydrogen-bond donors (Lipinski definition) is 0. The van der Waals surface area contributed by atoms with Crippen molar-refractivity contribution in [2.75, 3.05) is 6.61 Å². The van der Waals surface area contributed by atoms with Crippen LogP contribution in [0, 0.1) is 6.92 Å². The molecular formula is C25H24N2O4. The standard InChI is InChI=1S/C25H24N2O4/c1-18-8-6-7-11-23(18)30-17-24-26-27(19(2)28)25(31-24)21-12-14-22(15-13-21)29-16-20-9-4-3-5-10-20/h3-15,25H,16-17H2,1-2H3/t25-/m0/s1. The molecule has 1 amide bonds. The second-order valence-electron chi connectivity index (χ2n) is 7.23. The van der Waals surface area contributed by atoms with Gasteiger partial charge in [-0.05, 0) is 48.4 Å². The first kappa shape index (κ1) is 20.5. The normalized spacial score (nSPS) is 15.2. The highest BCUT2D eigenvalue weighted by Gasteiger charge is 2.32. The number of nitrogens with zero attached hydrogens (tertiary/aromatic N) is 2. The molecule has 0 bridgehead atoms. The highest BCUT2D eigenvalue weighted by atomic mass is 16.6. The summed E-state index contributed by atoms with van der Waals surface area (Å²) in [7, 11) is 0. The zero-order chi connectivity index (χ0) is 21.6. The molecule has 3 aromatic carbocycles. The van der Waals surface area contributed by atoms with E-state index in [1.54, 1.807) is 0 Å². The van der Waals surface area contributed by atoms with Crippen molar-refractivity contribution in [2.24, 2.45) is 5.10 Å². The second-order valence-corrected chi connectivity index (χ2v) is 7.23. The van der Waals surface area contributed by atoms with E-state index in [9.17, 15) is 4.79 Å². The number of carbonyl (C=O) groups is 1. The molecule has 0 saturated heterocycles. The molecule has 0 aliphatic carbocycles. The molecular weight excluding hydrogens is 392 g/mol. The first-order valence-electron chi connectivity index (χ1n) is 10.1. The average Bonchev–Trinajstić information content (AvgIpc) is 3.23. The van der Waals surface area contributed by atoms with E-state index in [-0.39, 0.29) is 12.5 Å². The lowest BCUT2D eigenvalue weighted by molar-refractivity contribution is -0.135. The van der Waals surface area contributed by atoms with E-state index < -0.39 is 6.23 Å². The molecule has 158 valence electrons. The SMILES string of the molecule is CC(=O)N1N=C(COc2ccccc2C)O[C@H]1c1ccc(OCc2ccccc2)cc1. The molecule has 6 nitrogen and oxygen atoms in total. The fourth-order valence-electron chi connectivity index (χ4n) is 3.21. The van der Waals surface area contributed by atoms with Crippen LogP contribution in [0.2, 0.25) is 0 Å². The Morgan fingerprint density at radius 3 is 2.35 bits per heavy atom. The molecule has 6 heteroatoms. The molecule has 0 aromatic heterocycles. The first-order valence-corrected chi connectivity index (χ1v) is 10.1. The number of benzene rings is 3. The topological polar surface area (TPSA) is 60.4 Å². The zero-order valence-electron chi connectivity index (χ0n) is 17.5. The summed E-state index contributed by atoms with van der Waals surface area (Å²) in [5.41, 5.74) is 2.92. The van der Waals surface area contributed by atoms with Gasteiger partial charge in [-0.3, -0.25) is 4.79 Å². The molecule has 1 atom stereocenters. The quantitative estimate of drug-likeness (QED) is 0.553. The highest BCUT2D eigenvalue weighted by Crippen LogP contribution is 2.30. The molecule has 0 unspecified atom stereocenters. The van der Waals surface area contributed by atoms with Gasteiger partial charge in [0.15, 0.2) is 6.61 Å². The van der Waals surface area contributed by atoms with Crippen molar-refractivity contribution in [2.45, 2.75) is 26.7 Å².